The summed E-state index contributed by atoms with van der Waals surface area (Å²) in [6.45, 7) is 2.15. The summed E-state index contributed by atoms with van der Waals surface area (Å²) in [6.07, 6.45) is -4.47. The van der Waals surface area contributed by atoms with Gasteiger partial charge in [0.1, 0.15) is 12.4 Å². The number of aromatic nitrogens is 3. The largest absolute Gasteiger partial charge is 0.486 e. The number of thioether (sulfide) groups is 1. The number of alkyl halides is 3. The van der Waals surface area contributed by atoms with Gasteiger partial charge in [-0.05, 0) is 42.8 Å². The second-order valence-electron chi connectivity index (χ2n) is 6.09. The number of carbonyl (C=O) groups is 1. The van der Waals surface area contributed by atoms with Crippen molar-refractivity contribution in [2.24, 2.45) is 0 Å². The fraction of sp³-hybridized carbons (Fsp3) is 0.211. The molecule has 0 aliphatic carbocycles. The molecule has 6 nitrogen and oxygen atoms in total. The number of nitrogens with zero attached hydrogens (tertiary/aromatic N) is 2. The third-order valence-corrected chi connectivity index (χ3v) is 4.53. The van der Waals surface area contributed by atoms with Crippen LogP contribution in [0.2, 0.25) is 0 Å². The first kappa shape index (κ1) is 20.7. The van der Waals surface area contributed by atoms with Gasteiger partial charge in [-0.3, -0.25) is 9.89 Å². The Hall–Kier alpha value is -3.01. The third-order valence-electron chi connectivity index (χ3n) is 3.68. The van der Waals surface area contributed by atoms with Crippen molar-refractivity contribution in [3.05, 3.63) is 65.5 Å². The van der Waals surface area contributed by atoms with Crippen LogP contribution in [0.15, 0.2) is 53.7 Å². The Kier molecular flexibility index (Phi) is 6.42. The van der Waals surface area contributed by atoms with Crippen molar-refractivity contribution in [1.82, 2.24) is 15.2 Å². The monoisotopic (exact) mass is 422 g/mol. The van der Waals surface area contributed by atoms with E-state index in [1.165, 1.54) is 12.1 Å². The Morgan fingerprint density at radius 2 is 2.00 bits per heavy atom. The first-order valence-electron chi connectivity index (χ1n) is 8.50. The second-order valence-corrected chi connectivity index (χ2v) is 7.03. The van der Waals surface area contributed by atoms with E-state index in [0.717, 1.165) is 29.5 Å². The number of rotatable bonds is 7. The van der Waals surface area contributed by atoms with Crippen LogP contribution in [-0.2, 0) is 17.6 Å². The molecule has 0 atom stereocenters. The van der Waals surface area contributed by atoms with Crippen LogP contribution < -0.4 is 10.1 Å². The highest BCUT2D eigenvalue weighted by Gasteiger charge is 2.30. The summed E-state index contributed by atoms with van der Waals surface area (Å²) in [5.74, 6) is 0.687. The molecule has 2 aromatic carbocycles. The summed E-state index contributed by atoms with van der Waals surface area (Å²) < 4.78 is 43.8. The molecule has 3 rings (SSSR count). The van der Waals surface area contributed by atoms with Crippen molar-refractivity contribution in [3.63, 3.8) is 0 Å². The van der Waals surface area contributed by atoms with Gasteiger partial charge in [-0.2, -0.15) is 13.2 Å². The molecular weight excluding hydrogens is 405 g/mol. The summed E-state index contributed by atoms with van der Waals surface area (Å²) in [4.78, 5) is 16.2. The van der Waals surface area contributed by atoms with Gasteiger partial charge in [0.15, 0.2) is 5.82 Å². The fourth-order valence-electron chi connectivity index (χ4n) is 2.36. The van der Waals surface area contributed by atoms with E-state index in [4.69, 9.17) is 4.74 Å². The number of ether oxygens (including phenoxy) is 1. The zero-order valence-corrected chi connectivity index (χ0v) is 16.1. The van der Waals surface area contributed by atoms with Crippen LogP contribution in [0.1, 0.15) is 17.0 Å². The minimum absolute atomic E-state index is 0.0493. The fourth-order valence-corrected chi connectivity index (χ4v) is 2.98. The van der Waals surface area contributed by atoms with E-state index in [-0.39, 0.29) is 18.0 Å². The van der Waals surface area contributed by atoms with Gasteiger partial charge in [-0.15, -0.1) is 5.10 Å². The standard InChI is InChI=1S/C19H17F3N4O2S/c1-12-4-2-7-15(8-12)28-10-16-24-18(26-25-16)29-11-17(27)23-14-6-3-5-13(9-14)19(20,21)22/h2-9H,10-11H2,1H3,(H,23,27)(H,24,25,26). The average molecular weight is 422 g/mol. The predicted octanol–water partition coefficient (Wildman–Crippen LogP) is 4.44. The minimum atomic E-state index is -4.47. The Balaban J connectivity index is 1.48. The maximum absolute atomic E-state index is 12.7. The predicted molar refractivity (Wildman–Crippen MR) is 103 cm³/mol. The van der Waals surface area contributed by atoms with Gasteiger partial charge in [0, 0.05) is 5.69 Å². The van der Waals surface area contributed by atoms with Gasteiger partial charge in [0.05, 0.1) is 11.3 Å². The van der Waals surface area contributed by atoms with Crippen molar-refractivity contribution < 1.29 is 22.7 Å². The molecule has 0 radical (unpaired) electrons. The molecule has 0 bridgehead atoms. The SMILES string of the molecule is Cc1cccc(OCc2nc(SCC(=O)Nc3cccc(C(F)(F)F)c3)n[nH]2)c1. The van der Waals surface area contributed by atoms with Crippen LogP contribution in [0.3, 0.4) is 0 Å². The number of hydrogen-bond donors (Lipinski definition) is 2. The van der Waals surface area contributed by atoms with Crippen molar-refractivity contribution in [2.45, 2.75) is 24.9 Å². The van der Waals surface area contributed by atoms with Gasteiger partial charge in [0.25, 0.3) is 0 Å². The Morgan fingerprint density at radius 3 is 2.76 bits per heavy atom. The molecule has 0 unspecified atom stereocenters. The van der Waals surface area contributed by atoms with Crippen molar-refractivity contribution >= 4 is 23.4 Å². The lowest BCUT2D eigenvalue weighted by Gasteiger charge is -2.09. The first-order valence-corrected chi connectivity index (χ1v) is 9.49. The summed E-state index contributed by atoms with van der Waals surface area (Å²) in [6, 6.07) is 12.0. The minimum Gasteiger partial charge on any atom is -0.486 e. The average Bonchev–Trinajstić information content (AvgIpc) is 3.12. The normalized spacial score (nSPS) is 11.3. The number of amides is 1. The number of carbonyl (C=O) groups excluding carboxylic acids is 1. The molecule has 2 N–H and O–H groups in total. The van der Waals surface area contributed by atoms with Crippen molar-refractivity contribution in [3.8, 4) is 5.75 Å². The molecule has 3 aromatic rings. The number of aromatic amines is 1. The van der Waals surface area contributed by atoms with Gasteiger partial charge in [0.2, 0.25) is 11.1 Å². The van der Waals surface area contributed by atoms with Gasteiger partial charge < -0.3 is 10.1 Å². The van der Waals surface area contributed by atoms with Crippen LogP contribution >= 0.6 is 11.8 Å². The number of hydrogen-bond acceptors (Lipinski definition) is 5. The number of aryl methyl sites for hydroxylation is 1. The first-order chi connectivity index (χ1) is 13.8. The number of halogens is 3. The van der Waals surface area contributed by atoms with E-state index in [1.807, 2.05) is 31.2 Å². The van der Waals surface area contributed by atoms with E-state index >= 15 is 0 Å². The number of anilines is 1. The molecule has 0 aliphatic heterocycles. The third kappa shape index (κ3) is 6.24. The number of nitrogens with one attached hydrogen (secondary N) is 2. The Bertz CT molecular complexity index is 991. The smallest absolute Gasteiger partial charge is 0.416 e. The van der Waals surface area contributed by atoms with Crippen LogP contribution in [0.5, 0.6) is 5.75 Å². The molecule has 152 valence electrons. The topological polar surface area (TPSA) is 79.9 Å². The van der Waals surface area contributed by atoms with E-state index in [2.05, 4.69) is 20.5 Å². The molecule has 1 amide bonds. The van der Waals surface area contributed by atoms with Crippen LogP contribution in [0, 0.1) is 6.92 Å². The zero-order chi connectivity index (χ0) is 20.9. The maximum atomic E-state index is 12.7. The Morgan fingerprint density at radius 1 is 1.21 bits per heavy atom. The van der Waals surface area contributed by atoms with E-state index in [0.29, 0.717) is 16.7 Å². The summed E-state index contributed by atoms with van der Waals surface area (Å²) in [5.41, 5.74) is 0.325. The molecule has 0 saturated carbocycles. The molecule has 29 heavy (non-hydrogen) atoms. The van der Waals surface area contributed by atoms with Gasteiger partial charge in [-0.1, -0.05) is 30.0 Å². The van der Waals surface area contributed by atoms with E-state index < -0.39 is 17.6 Å². The molecule has 10 heteroatoms. The second kappa shape index (κ2) is 8.99. The van der Waals surface area contributed by atoms with Crippen molar-refractivity contribution in [1.29, 1.82) is 0 Å². The van der Waals surface area contributed by atoms with E-state index in [9.17, 15) is 18.0 Å². The molecule has 0 fully saturated rings. The molecule has 1 heterocycles. The van der Waals surface area contributed by atoms with Crippen LogP contribution in [-0.4, -0.2) is 26.8 Å². The maximum Gasteiger partial charge on any atom is 0.416 e. The molecule has 0 aliphatic rings. The quantitative estimate of drug-likeness (QED) is 0.550. The highest BCUT2D eigenvalue weighted by molar-refractivity contribution is 7.99. The summed E-state index contributed by atoms with van der Waals surface area (Å²) >= 11 is 1.06. The molecule has 1 aromatic heterocycles. The lowest BCUT2D eigenvalue weighted by molar-refractivity contribution is -0.137. The lowest BCUT2D eigenvalue weighted by Crippen LogP contribution is -2.15. The highest BCUT2D eigenvalue weighted by Crippen LogP contribution is 2.30. The lowest BCUT2D eigenvalue weighted by atomic mass is 10.2. The summed E-state index contributed by atoms with van der Waals surface area (Å²) in [5, 5.41) is 9.49. The summed E-state index contributed by atoms with van der Waals surface area (Å²) in [7, 11) is 0. The molecule has 0 spiro atoms. The van der Waals surface area contributed by atoms with Crippen LogP contribution in [0.4, 0.5) is 18.9 Å². The molecular formula is C19H17F3N4O2S. The number of H-pyrrole nitrogens is 1. The molecule has 0 saturated heterocycles. The highest BCUT2D eigenvalue weighted by atomic mass is 32.2. The van der Waals surface area contributed by atoms with Gasteiger partial charge in [-0.25, -0.2) is 4.98 Å². The van der Waals surface area contributed by atoms with Crippen molar-refractivity contribution in [2.75, 3.05) is 11.1 Å². The zero-order valence-electron chi connectivity index (χ0n) is 15.3. The Labute approximate surface area is 168 Å². The van der Waals surface area contributed by atoms with E-state index in [1.54, 1.807) is 0 Å². The van der Waals surface area contributed by atoms with Gasteiger partial charge >= 0.3 is 6.18 Å². The number of benzene rings is 2. The van der Waals surface area contributed by atoms with Crippen LogP contribution in [0.25, 0.3) is 0 Å².